The van der Waals surface area contributed by atoms with Gasteiger partial charge < -0.3 is 10.1 Å². The minimum absolute atomic E-state index is 0.193. The number of imide groups is 1. The molecule has 2 aromatic carbocycles. The average molecular weight is 398 g/mol. The van der Waals surface area contributed by atoms with Gasteiger partial charge in [0.2, 0.25) is 0 Å². The molecule has 0 saturated carbocycles. The van der Waals surface area contributed by atoms with E-state index in [4.69, 9.17) is 4.74 Å². The number of aryl methyl sites for hydroxylation is 2. The molecule has 3 aromatic rings. The lowest BCUT2D eigenvalue weighted by Crippen LogP contribution is -2.35. The first-order valence-electron chi connectivity index (χ1n) is 8.48. The highest BCUT2D eigenvalue weighted by molar-refractivity contribution is 6.08. The standard InChI is InChI=1S/C20H16F2N4O3/c1-11-10-12(2)24-20(23-11)29-14-8-6-13(7-9-14)25-19(28)26-18(27)17-15(21)4-3-5-16(17)22/h3-10H,1-2H3,(H2,25,26,27,28). The Hall–Kier alpha value is -3.88. The van der Waals surface area contributed by atoms with E-state index in [-0.39, 0.29) is 6.01 Å². The van der Waals surface area contributed by atoms with Crippen molar-refractivity contribution in [2.24, 2.45) is 0 Å². The molecule has 0 aliphatic rings. The Morgan fingerprint density at radius 1 is 0.931 bits per heavy atom. The summed E-state index contributed by atoms with van der Waals surface area (Å²) < 4.78 is 32.8. The zero-order chi connectivity index (χ0) is 21.0. The first-order chi connectivity index (χ1) is 13.8. The van der Waals surface area contributed by atoms with E-state index >= 15 is 0 Å². The summed E-state index contributed by atoms with van der Waals surface area (Å²) in [6, 6.07) is 10.2. The molecular formula is C20H16F2N4O3. The lowest BCUT2D eigenvalue weighted by Gasteiger charge is -2.09. The highest BCUT2D eigenvalue weighted by Gasteiger charge is 2.19. The summed E-state index contributed by atoms with van der Waals surface area (Å²) in [5, 5.41) is 4.26. The summed E-state index contributed by atoms with van der Waals surface area (Å²) in [6.07, 6.45) is 0. The maximum absolute atomic E-state index is 13.6. The SMILES string of the molecule is Cc1cc(C)nc(Oc2ccc(NC(=O)NC(=O)c3c(F)cccc3F)cc2)n1. The molecule has 0 saturated heterocycles. The average Bonchev–Trinajstić information content (AvgIpc) is 2.62. The number of halogens is 2. The third kappa shape index (κ3) is 5.10. The van der Waals surface area contributed by atoms with Gasteiger partial charge in [0.25, 0.3) is 5.91 Å². The molecule has 0 fully saturated rings. The van der Waals surface area contributed by atoms with Crippen LogP contribution >= 0.6 is 0 Å². The molecular weight excluding hydrogens is 382 g/mol. The molecule has 29 heavy (non-hydrogen) atoms. The summed E-state index contributed by atoms with van der Waals surface area (Å²) in [5.74, 6) is -2.88. The van der Waals surface area contributed by atoms with Crippen LogP contribution in [0.4, 0.5) is 19.3 Å². The number of carbonyl (C=O) groups excluding carboxylic acids is 2. The largest absolute Gasteiger partial charge is 0.424 e. The second-order valence-electron chi connectivity index (χ2n) is 6.06. The number of carbonyl (C=O) groups is 2. The number of rotatable bonds is 4. The third-order valence-electron chi connectivity index (χ3n) is 3.70. The van der Waals surface area contributed by atoms with Crippen molar-refractivity contribution in [1.29, 1.82) is 0 Å². The Labute approximate surface area is 164 Å². The molecule has 0 unspecified atom stereocenters. The number of urea groups is 1. The number of nitrogens with zero attached hydrogens (tertiary/aromatic N) is 2. The lowest BCUT2D eigenvalue weighted by atomic mass is 10.2. The van der Waals surface area contributed by atoms with Gasteiger partial charge in [-0.1, -0.05) is 6.07 Å². The summed E-state index contributed by atoms with van der Waals surface area (Å²) in [6.45, 7) is 3.64. The van der Waals surface area contributed by atoms with Crippen LogP contribution in [0.1, 0.15) is 21.7 Å². The molecule has 0 aliphatic heterocycles. The molecule has 1 heterocycles. The van der Waals surface area contributed by atoms with E-state index in [9.17, 15) is 18.4 Å². The van der Waals surface area contributed by atoms with Gasteiger partial charge in [-0.3, -0.25) is 10.1 Å². The summed E-state index contributed by atoms with van der Waals surface area (Å²) in [7, 11) is 0. The minimum Gasteiger partial charge on any atom is -0.424 e. The van der Waals surface area contributed by atoms with Crippen LogP contribution < -0.4 is 15.4 Å². The zero-order valence-corrected chi connectivity index (χ0v) is 15.5. The fraction of sp³-hybridized carbons (Fsp3) is 0.100. The van der Waals surface area contributed by atoms with Gasteiger partial charge in [-0.05, 0) is 56.3 Å². The number of hydrogen-bond donors (Lipinski definition) is 2. The van der Waals surface area contributed by atoms with E-state index in [0.29, 0.717) is 11.4 Å². The Kier molecular flexibility index (Phi) is 5.77. The number of ether oxygens (including phenoxy) is 1. The Bertz CT molecular complexity index is 1030. The van der Waals surface area contributed by atoms with E-state index in [0.717, 1.165) is 29.6 Å². The minimum atomic E-state index is -1.19. The first kappa shape index (κ1) is 19.9. The van der Waals surface area contributed by atoms with E-state index in [1.54, 1.807) is 12.1 Å². The van der Waals surface area contributed by atoms with Crippen molar-refractivity contribution in [3.8, 4) is 11.8 Å². The predicted octanol–water partition coefficient (Wildman–Crippen LogP) is 4.13. The number of amides is 3. The van der Waals surface area contributed by atoms with Crippen molar-refractivity contribution in [1.82, 2.24) is 15.3 Å². The van der Waals surface area contributed by atoms with Gasteiger partial charge in [-0.15, -0.1) is 0 Å². The maximum atomic E-state index is 13.6. The van der Waals surface area contributed by atoms with Crippen molar-refractivity contribution in [2.45, 2.75) is 13.8 Å². The van der Waals surface area contributed by atoms with E-state index in [2.05, 4.69) is 15.3 Å². The second-order valence-corrected chi connectivity index (χ2v) is 6.06. The third-order valence-corrected chi connectivity index (χ3v) is 3.70. The van der Waals surface area contributed by atoms with Crippen LogP contribution in [-0.2, 0) is 0 Å². The normalized spacial score (nSPS) is 10.3. The van der Waals surface area contributed by atoms with Gasteiger partial charge in [-0.2, -0.15) is 0 Å². The van der Waals surface area contributed by atoms with Crippen LogP contribution in [0.3, 0.4) is 0 Å². The fourth-order valence-electron chi connectivity index (χ4n) is 2.49. The second kappa shape index (κ2) is 8.42. The van der Waals surface area contributed by atoms with Gasteiger partial charge in [0, 0.05) is 17.1 Å². The van der Waals surface area contributed by atoms with Crippen molar-refractivity contribution in [3.05, 3.63) is 77.1 Å². The molecule has 0 atom stereocenters. The molecule has 3 amide bonds. The van der Waals surface area contributed by atoms with Crippen molar-refractivity contribution in [3.63, 3.8) is 0 Å². The summed E-state index contributed by atoms with van der Waals surface area (Å²) in [5.41, 5.74) is 1.02. The highest BCUT2D eigenvalue weighted by Crippen LogP contribution is 2.21. The fourth-order valence-corrected chi connectivity index (χ4v) is 2.49. The Balaban J connectivity index is 1.62. The maximum Gasteiger partial charge on any atom is 0.326 e. The van der Waals surface area contributed by atoms with Crippen molar-refractivity contribution >= 4 is 17.6 Å². The first-order valence-corrected chi connectivity index (χ1v) is 8.48. The van der Waals surface area contributed by atoms with Crippen LogP contribution in [0, 0.1) is 25.5 Å². The molecule has 0 aliphatic carbocycles. The van der Waals surface area contributed by atoms with Gasteiger partial charge in [0.1, 0.15) is 22.9 Å². The highest BCUT2D eigenvalue weighted by atomic mass is 19.1. The molecule has 0 radical (unpaired) electrons. The summed E-state index contributed by atoms with van der Waals surface area (Å²) >= 11 is 0. The topological polar surface area (TPSA) is 93.2 Å². The number of anilines is 1. The molecule has 2 N–H and O–H groups in total. The lowest BCUT2D eigenvalue weighted by molar-refractivity contribution is 0.0959. The van der Waals surface area contributed by atoms with E-state index in [1.807, 2.05) is 25.2 Å². The van der Waals surface area contributed by atoms with Crippen LogP contribution in [0.25, 0.3) is 0 Å². The van der Waals surface area contributed by atoms with Crippen LogP contribution in [0.15, 0.2) is 48.5 Å². The predicted molar refractivity (Wildman–Crippen MR) is 101 cm³/mol. The summed E-state index contributed by atoms with van der Waals surface area (Å²) in [4.78, 5) is 32.2. The number of aromatic nitrogens is 2. The molecule has 1 aromatic heterocycles. The van der Waals surface area contributed by atoms with Gasteiger partial charge in [0.15, 0.2) is 0 Å². The van der Waals surface area contributed by atoms with E-state index in [1.165, 1.54) is 12.1 Å². The van der Waals surface area contributed by atoms with Crippen LogP contribution in [0.5, 0.6) is 11.8 Å². The molecule has 0 spiro atoms. The zero-order valence-electron chi connectivity index (χ0n) is 15.5. The molecule has 0 bridgehead atoms. The quantitative estimate of drug-likeness (QED) is 0.689. The monoisotopic (exact) mass is 398 g/mol. The van der Waals surface area contributed by atoms with Gasteiger partial charge >= 0.3 is 12.0 Å². The Morgan fingerprint density at radius 2 is 1.52 bits per heavy atom. The molecule has 9 heteroatoms. The van der Waals surface area contributed by atoms with Crippen LogP contribution in [0.2, 0.25) is 0 Å². The number of nitrogens with one attached hydrogen (secondary N) is 2. The Morgan fingerprint density at radius 3 is 2.10 bits per heavy atom. The van der Waals surface area contributed by atoms with E-state index < -0.39 is 29.1 Å². The smallest absolute Gasteiger partial charge is 0.326 e. The van der Waals surface area contributed by atoms with Gasteiger partial charge in [0.05, 0.1) is 0 Å². The molecule has 148 valence electrons. The van der Waals surface area contributed by atoms with Crippen LogP contribution in [-0.4, -0.2) is 21.9 Å². The van der Waals surface area contributed by atoms with Gasteiger partial charge in [-0.25, -0.2) is 23.5 Å². The number of benzene rings is 2. The molecule has 7 nitrogen and oxygen atoms in total. The molecule has 3 rings (SSSR count). The van der Waals surface area contributed by atoms with Crippen molar-refractivity contribution < 1.29 is 23.1 Å². The number of hydrogen-bond acceptors (Lipinski definition) is 5. The van der Waals surface area contributed by atoms with Crippen molar-refractivity contribution in [2.75, 3.05) is 5.32 Å².